The Morgan fingerprint density at radius 1 is 1.12 bits per heavy atom. The summed E-state index contributed by atoms with van der Waals surface area (Å²) >= 11 is 0. The number of cyclic esters (lactones) is 1. The summed E-state index contributed by atoms with van der Waals surface area (Å²) < 4.78 is 16.0. The third-order valence-electron chi connectivity index (χ3n) is 5.26. The quantitative estimate of drug-likeness (QED) is 0.544. The average Bonchev–Trinajstić information content (AvgIpc) is 2.76. The van der Waals surface area contributed by atoms with Gasteiger partial charge in [0, 0.05) is 18.5 Å². The first-order valence-electron chi connectivity index (χ1n) is 10.8. The highest BCUT2D eigenvalue weighted by atomic mass is 16.6. The molecule has 6 heteroatoms. The van der Waals surface area contributed by atoms with E-state index in [1.807, 2.05) is 69.3 Å². The number of esters is 1. The predicted molar refractivity (Wildman–Crippen MR) is 124 cm³/mol. The van der Waals surface area contributed by atoms with Crippen LogP contribution < -0.4 is 9.64 Å². The minimum atomic E-state index is -0.637. The van der Waals surface area contributed by atoms with Crippen LogP contribution in [-0.4, -0.2) is 31.4 Å². The lowest BCUT2D eigenvalue weighted by molar-refractivity contribution is -0.149. The lowest BCUT2D eigenvalue weighted by Gasteiger charge is -2.29. The fourth-order valence-corrected chi connectivity index (χ4v) is 3.71. The molecule has 0 saturated carbocycles. The van der Waals surface area contributed by atoms with Crippen molar-refractivity contribution in [3.8, 4) is 5.75 Å². The third-order valence-corrected chi connectivity index (χ3v) is 5.26. The van der Waals surface area contributed by atoms with Crippen LogP contribution in [0.1, 0.15) is 45.1 Å². The highest BCUT2D eigenvalue weighted by Crippen LogP contribution is 2.34. The normalized spacial score (nSPS) is 17.5. The number of hydrogen-bond acceptors (Lipinski definition) is 5. The molecule has 6 nitrogen and oxygen atoms in total. The van der Waals surface area contributed by atoms with Gasteiger partial charge in [0.05, 0.1) is 19.4 Å². The monoisotopic (exact) mass is 437 g/mol. The summed E-state index contributed by atoms with van der Waals surface area (Å²) in [5, 5.41) is 0. The summed E-state index contributed by atoms with van der Waals surface area (Å²) in [4.78, 5) is 26.5. The Morgan fingerprint density at radius 2 is 1.81 bits per heavy atom. The molecule has 0 aliphatic carbocycles. The highest BCUT2D eigenvalue weighted by Gasteiger charge is 2.29. The summed E-state index contributed by atoms with van der Waals surface area (Å²) in [7, 11) is 1.60. The van der Waals surface area contributed by atoms with Gasteiger partial charge in [-0.3, -0.25) is 9.69 Å². The van der Waals surface area contributed by atoms with Crippen LogP contribution in [0.25, 0.3) is 0 Å². The lowest BCUT2D eigenvalue weighted by atomic mass is 9.81. The van der Waals surface area contributed by atoms with Crippen LogP contribution in [0.15, 0.2) is 66.9 Å². The molecule has 170 valence electrons. The van der Waals surface area contributed by atoms with E-state index in [2.05, 4.69) is 0 Å². The molecule has 1 amide bonds. The molecular formula is C26H31NO5. The number of anilines is 1. The van der Waals surface area contributed by atoms with E-state index in [1.54, 1.807) is 25.4 Å². The molecule has 1 aliphatic heterocycles. The number of carbonyl (C=O) groups excluding carboxylic acids is 2. The number of allylic oxidation sites excluding steroid dienone is 1. The van der Waals surface area contributed by atoms with Crippen molar-refractivity contribution in [2.24, 2.45) is 5.92 Å². The zero-order valence-corrected chi connectivity index (χ0v) is 19.1. The zero-order valence-electron chi connectivity index (χ0n) is 19.1. The van der Waals surface area contributed by atoms with Gasteiger partial charge in [-0.15, -0.1) is 0 Å². The highest BCUT2D eigenvalue weighted by molar-refractivity contribution is 5.90. The molecule has 0 spiro atoms. The average molecular weight is 438 g/mol. The third kappa shape index (κ3) is 6.36. The van der Waals surface area contributed by atoms with Gasteiger partial charge in [0.2, 0.25) is 0 Å². The van der Waals surface area contributed by atoms with Crippen molar-refractivity contribution in [2.75, 3.05) is 18.6 Å². The van der Waals surface area contributed by atoms with Crippen LogP contribution in [0.4, 0.5) is 10.5 Å². The second-order valence-electron chi connectivity index (χ2n) is 8.80. The van der Waals surface area contributed by atoms with E-state index < -0.39 is 11.7 Å². The van der Waals surface area contributed by atoms with Gasteiger partial charge in [-0.05, 0) is 62.9 Å². The first kappa shape index (κ1) is 23.4. The second kappa shape index (κ2) is 10.4. The van der Waals surface area contributed by atoms with Crippen molar-refractivity contribution >= 4 is 17.7 Å². The van der Waals surface area contributed by atoms with Gasteiger partial charge in [0.1, 0.15) is 11.4 Å². The van der Waals surface area contributed by atoms with Crippen LogP contribution in [-0.2, 0) is 14.3 Å². The van der Waals surface area contributed by atoms with Gasteiger partial charge in [-0.1, -0.05) is 36.4 Å². The minimum absolute atomic E-state index is 0.0489. The van der Waals surface area contributed by atoms with Crippen molar-refractivity contribution in [3.05, 3.63) is 72.4 Å². The van der Waals surface area contributed by atoms with E-state index in [4.69, 9.17) is 14.2 Å². The molecule has 0 radical (unpaired) electrons. The second-order valence-corrected chi connectivity index (χ2v) is 8.80. The van der Waals surface area contributed by atoms with Crippen LogP contribution in [0.3, 0.4) is 0 Å². The molecular weight excluding hydrogens is 406 g/mol. The number of rotatable bonds is 6. The Hall–Kier alpha value is -3.28. The van der Waals surface area contributed by atoms with E-state index in [9.17, 15) is 9.59 Å². The molecule has 1 aliphatic rings. The molecule has 2 aromatic rings. The zero-order chi connectivity index (χ0) is 23.1. The fourth-order valence-electron chi connectivity index (χ4n) is 3.71. The molecule has 0 N–H and O–H groups in total. The molecule has 1 heterocycles. The van der Waals surface area contributed by atoms with E-state index in [1.165, 1.54) is 4.90 Å². The van der Waals surface area contributed by atoms with Gasteiger partial charge in [-0.2, -0.15) is 0 Å². The number of ether oxygens (including phenoxy) is 3. The standard InChI is InChI=1S/C26H31NO5/c1-26(2,3)32-25(29)27(21-10-12-22(30-4)13-11-21)16-14-23(19-8-6-5-7-9-19)20-15-17-31-24(28)18-20/h5-14,16,20,23H,15,17-18H2,1-4H3/b16-14-/t20-,23-/m1/s1. The molecule has 1 saturated heterocycles. The van der Waals surface area contributed by atoms with Gasteiger partial charge in [0.15, 0.2) is 0 Å². The Labute approximate surface area is 189 Å². The van der Waals surface area contributed by atoms with Crippen molar-refractivity contribution in [1.82, 2.24) is 0 Å². The molecule has 2 atom stereocenters. The van der Waals surface area contributed by atoms with E-state index in [0.717, 1.165) is 12.0 Å². The van der Waals surface area contributed by atoms with Crippen LogP contribution in [0, 0.1) is 5.92 Å². The molecule has 0 aromatic heterocycles. The molecule has 3 rings (SSSR count). The summed E-state index contributed by atoms with van der Waals surface area (Å²) in [6.07, 6.45) is 4.36. The van der Waals surface area contributed by atoms with Crippen molar-refractivity contribution in [3.63, 3.8) is 0 Å². The number of methoxy groups -OCH3 is 1. The maximum absolute atomic E-state index is 13.0. The fraction of sp³-hybridized carbons (Fsp3) is 0.385. The van der Waals surface area contributed by atoms with Gasteiger partial charge in [0.25, 0.3) is 0 Å². The summed E-state index contributed by atoms with van der Waals surface area (Å²) in [5.74, 6) is 0.554. The summed E-state index contributed by atoms with van der Waals surface area (Å²) in [6, 6.07) is 17.2. The van der Waals surface area contributed by atoms with Gasteiger partial charge in [-0.25, -0.2) is 4.79 Å². The van der Waals surface area contributed by atoms with Gasteiger partial charge < -0.3 is 14.2 Å². The summed E-state index contributed by atoms with van der Waals surface area (Å²) in [5.41, 5.74) is 1.11. The van der Waals surface area contributed by atoms with Gasteiger partial charge >= 0.3 is 12.1 Å². The topological polar surface area (TPSA) is 65.1 Å². The Bertz CT molecular complexity index is 931. The van der Waals surface area contributed by atoms with E-state index >= 15 is 0 Å². The van der Waals surface area contributed by atoms with E-state index in [0.29, 0.717) is 24.5 Å². The van der Waals surface area contributed by atoms with Crippen LogP contribution in [0.2, 0.25) is 0 Å². The predicted octanol–water partition coefficient (Wildman–Crippen LogP) is 5.69. The SMILES string of the molecule is COc1ccc(N(/C=C\[C@H](c2ccccc2)[C@@H]2CCOC(=O)C2)C(=O)OC(C)(C)C)cc1. The molecule has 0 unspecified atom stereocenters. The molecule has 1 fully saturated rings. The number of benzene rings is 2. The van der Waals surface area contributed by atoms with Crippen molar-refractivity contribution in [2.45, 2.75) is 45.1 Å². The Balaban J connectivity index is 1.95. The largest absolute Gasteiger partial charge is 0.497 e. The first-order chi connectivity index (χ1) is 15.3. The summed E-state index contributed by atoms with van der Waals surface area (Å²) in [6.45, 7) is 5.92. The molecule has 0 bridgehead atoms. The number of hydrogen-bond donors (Lipinski definition) is 0. The maximum atomic E-state index is 13.0. The number of amides is 1. The van der Waals surface area contributed by atoms with Crippen molar-refractivity contribution in [1.29, 1.82) is 0 Å². The number of nitrogens with zero attached hydrogens (tertiary/aromatic N) is 1. The minimum Gasteiger partial charge on any atom is -0.497 e. The molecule has 2 aromatic carbocycles. The smallest absolute Gasteiger partial charge is 0.418 e. The number of carbonyl (C=O) groups is 2. The Morgan fingerprint density at radius 3 is 2.41 bits per heavy atom. The first-order valence-corrected chi connectivity index (χ1v) is 10.8. The van der Waals surface area contributed by atoms with Crippen molar-refractivity contribution < 1.29 is 23.8 Å². The van der Waals surface area contributed by atoms with Crippen LogP contribution in [0.5, 0.6) is 5.75 Å². The lowest BCUT2D eigenvalue weighted by Crippen LogP contribution is -2.34. The van der Waals surface area contributed by atoms with Crippen LogP contribution >= 0.6 is 0 Å². The van der Waals surface area contributed by atoms with E-state index in [-0.39, 0.29) is 17.8 Å². The maximum Gasteiger partial charge on any atom is 0.418 e. The Kier molecular flexibility index (Phi) is 7.57. The molecule has 32 heavy (non-hydrogen) atoms.